The van der Waals surface area contributed by atoms with E-state index in [0.717, 1.165) is 4.47 Å². The minimum Gasteiger partial charge on any atom is -0.493 e. The fraction of sp³-hybridized carbons (Fsp3) is 0.286. The highest BCUT2D eigenvalue weighted by Gasteiger charge is 2.19. The molecule has 0 spiro atoms. The highest BCUT2D eigenvalue weighted by atomic mass is 79.9. The number of rotatable bonds is 5. The Kier molecular flexibility index (Phi) is 7.78. The summed E-state index contributed by atoms with van der Waals surface area (Å²) in [5, 5.41) is 5.73. The minimum absolute atomic E-state index is 0.0626. The maximum atomic E-state index is 12.7. The molecule has 0 aromatic heterocycles. The standard InChI is InChI=1S/C21H22BrN3O4S/c1-2-29-18-7-6-15(22)13-17(18)19(26)24-21(30)23-16-5-3-4-14(12-16)20(27)25-8-10-28-11-9-25/h3-7,12-13H,2,8-11H2,1H3,(H2,23,24,26,30). The first-order valence-corrected chi connectivity index (χ1v) is 10.7. The predicted octanol–water partition coefficient (Wildman–Crippen LogP) is 3.45. The molecule has 0 bridgehead atoms. The molecule has 30 heavy (non-hydrogen) atoms. The Balaban J connectivity index is 1.66. The zero-order chi connectivity index (χ0) is 21.5. The fourth-order valence-corrected chi connectivity index (χ4v) is 3.54. The van der Waals surface area contributed by atoms with Crippen LogP contribution >= 0.6 is 28.1 Å². The van der Waals surface area contributed by atoms with E-state index in [4.69, 9.17) is 21.7 Å². The number of carbonyl (C=O) groups is 2. The summed E-state index contributed by atoms with van der Waals surface area (Å²) in [6.07, 6.45) is 0. The van der Waals surface area contributed by atoms with Crippen molar-refractivity contribution in [2.24, 2.45) is 0 Å². The second-order valence-corrected chi connectivity index (χ2v) is 7.79. The third kappa shape index (κ3) is 5.78. The van der Waals surface area contributed by atoms with Crippen molar-refractivity contribution in [1.82, 2.24) is 10.2 Å². The van der Waals surface area contributed by atoms with Crippen molar-refractivity contribution < 1.29 is 19.1 Å². The number of hydrogen-bond donors (Lipinski definition) is 2. The predicted molar refractivity (Wildman–Crippen MR) is 122 cm³/mol. The number of amides is 2. The van der Waals surface area contributed by atoms with Crippen LogP contribution in [0.25, 0.3) is 0 Å². The quantitative estimate of drug-likeness (QED) is 0.623. The zero-order valence-electron chi connectivity index (χ0n) is 16.4. The van der Waals surface area contributed by atoms with E-state index in [0.29, 0.717) is 55.5 Å². The molecule has 1 aliphatic rings. The largest absolute Gasteiger partial charge is 0.493 e. The van der Waals surface area contributed by atoms with Gasteiger partial charge in [-0.05, 0) is 55.5 Å². The maximum absolute atomic E-state index is 12.7. The molecule has 1 heterocycles. The molecule has 2 aromatic rings. The van der Waals surface area contributed by atoms with Gasteiger partial charge in [-0.1, -0.05) is 22.0 Å². The van der Waals surface area contributed by atoms with Crippen LogP contribution in [-0.2, 0) is 4.74 Å². The average Bonchev–Trinajstić information content (AvgIpc) is 2.75. The van der Waals surface area contributed by atoms with Gasteiger partial charge in [-0.15, -0.1) is 0 Å². The van der Waals surface area contributed by atoms with Gasteiger partial charge in [0.1, 0.15) is 5.75 Å². The summed E-state index contributed by atoms with van der Waals surface area (Å²) >= 11 is 8.64. The van der Waals surface area contributed by atoms with Crippen molar-refractivity contribution in [2.45, 2.75) is 6.92 Å². The summed E-state index contributed by atoms with van der Waals surface area (Å²) in [6, 6.07) is 12.2. The van der Waals surface area contributed by atoms with E-state index in [-0.39, 0.29) is 11.0 Å². The summed E-state index contributed by atoms with van der Waals surface area (Å²) in [6.45, 7) is 4.51. The van der Waals surface area contributed by atoms with Crippen molar-refractivity contribution in [3.63, 3.8) is 0 Å². The van der Waals surface area contributed by atoms with Crippen LogP contribution in [0.15, 0.2) is 46.9 Å². The lowest BCUT2D eigenvalue weighted by Gasteiger charge is -2.27. The van der Waals surface area contributed by atoms with Gasteiger partial charge in [0.25, 0.3) is 11.8 Å². The molecule has 0 unspecified atom stereocenters. The van der Waals surface area contributed by atoms with Crippen LogP contribution in [0.3, 0.4) is 0 Å². The zero-order valence-corrected chi connectivity index (χ0v) is 18.8. The van der Waals surface area contributed by atoms with Crippen molar-refractivity contribution in [1.29, 1.82) is 0 Å². The molecule has 1 saturated heterocycles. The maximum Gasteiger partial charge on any atom is 0.261 e. The van der Waals surface area contributed by atoms with Gasteiger partial charge in [0.15, 0.2) is 5.11 Å². The fourth-order valence-electron chi connectivity index (χ4n) is 2.97. The number of nitrogens with zero attached hydrogens (tertiary/aromatic N) is 1. The molecule has 0 aliphatic carbocycles. The number of hydrogen-bond acceptors (Lipinski definition) is 5. The monoisotopic (exact) mass is 491 g/mol. The lowest BCUT2D eigenvalue weighted by Crippen LogP contribution is -2.40. The summed E-state index contributed by atoms with van der Waals surface area (Å²) in [7, 11) is 0. The van der Waals surface area contributed by atoms with Gasteiger partial charge in [-0.25, -0.2) is 0 Å². The Morgan fingerprint density at radius 2 is 1.97 bits per heavy atom. The molecule has 7 nitrogen and oxygen atoms in total. The Labute approximate surface area is 188 Å². The summed E-state index contributed by atoms with van der Waals surface area (Å²) in [4.78, 5) is 27.1. The number of anilines is 1. The summed E-state index contributed by atoms with van der Waals surface area (Å²) in [5.41, 5.74) is 1.52. The summed E-state index contributed by atoms with van der Waals surface area (Å²) in [5.74, 6) is 0.0179. The normalized spacial score (nSPS) is 13.5. The molecular weight excluding hydrogens is 470 g/mol. The SMILES string of the molecule is CCOc1ccc(Br)cc1C(=O)NC(=S)Nc1cccc(C(=O)N2CCOCC2)c1. The molecule has 2 aromatic carbocycles. The number of carbonyl (C=O) groups excluding carboxylic acids is 2. The van der Waals surface area contributed by atoms with E-state index in [1.807, 2.05) is 6.92 Å². The first kappa shape index (κ1) is 22.2. The number of benzene rings is 2. The van der Waals surface area contributed by atoms with Crippen LogP contribution < -0.4 is 15.4 Å². The second kappa shape index (κ2) is 10.5. The molecule has 158 valence electrons. The number of morpholine rings is 1. The highest BCUT2D eigenvalue weighted by Crippen LogP contribution is 2.23. The second-order valence-electron chi connectivity index (χ2n) is 6.47. The number of ether oxygens (including phenoxy) is 2. The van der Waals surface area contributed by atoms with Crippen molar-refractivity contribution in [3.8, 4) is 5.75 Å². The highest BCUT2D eigenvalue weighted by molar-refractivity contribution is 9.10. The Morgan fingerprint density at radius 3 is 2.70 bits per heavy atom. The van der Waals surface area contributed by atoms with Gasteiger partial charge in [-0.2, -0.15) is 0 Å². The lowest BCUT2D eigenvalue weighted by molar-refractivity contribution is 0.0303. The van der Waals surface area contributed by atoms with Crippen LogP contribution in [-0.4, -0.2) is 54.7 Å². The van der Waals surface area contributed by atoms with Crippen LogP contribution in [0, 0.1) is 0 Å². The van der Waals surface area contributed by atoms with Crippen molar-refractivity contribution in [2.75, 3.05) is 38.2 Å². The van der Waals surface area contributed by atoms with Gasteiger partial charge in [-0.3, -0.25) is 14.9 Å². The van der Waals surface area contributed by atoms with Gasteiger partial charge in [0.05, 0.1) is 25.4 Å². The molecule has 3 rings (SSSR count). The van der Waals surface area contributed by atoms with E-state index < -0.39 is 5.91 Å². The molecule has 1 fully saturated rings. The molecule has 0 radical (unpaired) electrons. The Bertz CT molecular complexity index is 948. The van der Waals surface area contributed by atoms with E-state index in [1.165, 1.54) is 0 Å². The average molecular weight is 492 g/mol. The third-order valence-electron chi connectivity index (χ3n) is 4.38. The van der Waals surface area contributed by atoms with Crippen LogP contribution in [0.2, 0.25) is 0 Å². The molecular formula is C21H22BrN3O4S. The molecule has 2 amide bonds. The van der Waals surface area contributed by atoms with Gasteiger partial charge >= 0.3 is 0 Å². The molecule has 0 atom stereocenters. The number of halogens is 1. The first-order valence-electron chi connectivity index (χ1n) is 9.49. The Morgan fingerprint density at radius 1 is 1.20 bits per heavy atom. The molecule has 9 heteroatoms. The van der Waals surface area contributed by atoms with E-state index in [2.05, 4.69) is 26.6 Å². The molecule has 0 saturated carbocycles. The first-order chi connectivity index (χ1) is 14.5. The minimum atomic E-state index is -0.391. The topological polar surface area (TPSA) is 79.9 Å². The van der Waals surface area contributed by atoms with Gasteiger partial charge in [0.2, 0.25) is 0 Å². The lowest BCUT2D eigenvalue weighted by atomic mass is 10.1. The summed E-state index contributed by atoms with van der Waals surface area (Å²) < 4.78 is 11.6. The number of nitrogens with one attached hydrogen (secondary N) is 2. The van der Waals surface area contributed by atoms with E-state index >= 15 is 0 Å². The third-order valence-corrected chi connectivity index (χ3v) is 5.08. The smallest absolute Gasteiger partial charge is 0.261 e. The molecule has 2 N–H and O–H groups in total. The van der Waals surface area contributed by atoms with Crippen LogP contribution in [0.5, 0.6) is 5.75 Å². The number of thiocarbonyl (C=S) groups is 1. The van der Waals surface area contributed by atoms with Crippen molar-refractivity contribution in [3.05, 3.63) is 58.1 Å². The Hall–Kier alpha value is -2.49. The van der Waals surface area contributed by atoms with E-state index in [1.54, 1.807) is 47.4 Å². The molecule has 1 aliphatic heterocycles. The van der Waals surface area contributed by atoms with Gasteiger partial charge in [0, 0.05) is 28.8 Å². The van der Waals surface area contributed by atoms with Gasteiger partial charge < -0.3 is 19.7 Å². The van der Waals surface area contributed by atoms with Crippen molar-refractivity contribution >= 4 is 50.8 Å². The van der Waals surface area contributed by atoms with E-state index in [9.17, 15) is 9.59 Å². The van der Waals surface area contributed by atoms with Crippen LogP contribution in [0.4, 0.5) is 5.69 Å². The van der Waals surface area contributed by atoms with Crippen LogP contribution in [0.1, 0.15) is 27.6 Å².